The summed E-state index contributed by atoms with van der Waals surface area (Å²) in [5, 5.41) is 13.5. The molecule has 2 N–H and O–H groups in total. The van der Waals surface area contributed by atoms with Crippen molar-refractivity contribution in [2.24, 2.45) is 0 Å². The first-order valence-corrected chi connectivity index (χ1v) is 8.83. The van der Waals surface area contributed by atoms with E-state index in [4.69, 9.17) is 23.2 Å². The molecule has 7 heteroatoms. The fourth-order valence-electron chi connectivity index (χ4n) is 2.46. The molecular formula is C16H9Br2Cl2NO2. The van der Waals surface area contributed by atoms with Gasteiger partial charge < -0.3 is 10.4 Å². The second-order valence-corrected chi connectivity index (χ2v) is 7.61. The number of anilines is 1. The Morgan fingerprint density at radius 2 is 1.87 bits per heavy atom. The normalized spacial score (nSPS) is 15.0. The highest BCUT2D eigenvalue weighted by molar-refractivity contribution is 9.11. The number of benzene rings is 2. The second-order valence-electron chi connectivity index (χ2n) is 5.05. The topological polar surface area (TPSA) is 49.3 Å². The van der Waals surface area contributed by atoms with Crippen LogP contribution < -0.4 is 5.32 Å². The summed E-state index contributed by atoms with van der Waals surface area (Å²) in [4.78, 5) is 12.4. The summed E-state index contributed by atoms with van der Waals surface area (Å²) in [6.07, 6.45) is 1.58. The van der Waals surface area contributed by atoms with E-state index in [2.05, 4.69) is 37.2 Å². The maximum atomic E-state index is 12.4. The summed E-state index contributed by atoms with van der Waals surface area (Å²) in [5.74, 6) is -0.367. The van der Waals surface area contributed by atoms with Gasteiger partial charge >= 0.3 is 0 Å². The Balaban J connectivity index is 2.26. The van der Waals surface area contributed by atoms with Crippen molar-refractivity contribution in [1.82, 2.24) is 0 Å². The van der Waals surface area contributed by atoms with Crippen molar-refractivity contribution in [2.45, 2.75) is 6.92 Å². The number of nitrogens with one attached hydrogen (secondary N) is 1. The van der Waals surface area contributed by atoms with E-state index in [1.165, 1.54) is 6.07 Å². The fourth-order valence-corrected chi connectivity index (χ4v) is 4.23. The highest BCUT2D eigenvalue weighted by atomic mass is 79.9. The number of phenols is 1. The quantitative estimate of drug-likeness (QED) is 0.493. The Kier molecular flexibility index (Phi) is 4.49. The van der Waals surface area contributed by atoms with Crippen LogP contribution in [0.25, 0.3) is 11.6 Å². The molecule has 0 saturated carbocycles. The number of carbonyl (C=O) groups is 1. The minimum absolute atomic E-state index is 0.114. The molecule has 0 bridgehead atoms. The third kappa shape index (κ3) is 2.91. The first-order chi connectivity index (χ1) is 10.8. The van der Waals surface area contributed by atoms with Crippen LogP contribution in [0.2, 0.25) is 10.0 Å². The van der Waals surface area contributed by atoms with Gasteiger partial charge in [-0.3, -0.25) is 4.79 Å². The number of amides is 1. The molecule has 3 rings (SSSR count). The van der Waals surface area contributed by atoms with Gasteiger partial charge in [0.25, 0.3) is 5.91 Å². The van der Waals surface area contributed by atoms with Gasteiger partial charge in [0.2, 0.25) is 0 Å². The van der Waals surface area contributed by atoms with Crippen molar-refractivity contribution >= 4 is 78.3 Å². The van der Waals surface area contributed by atoms with E-state index < -0.39 is 0 Å². The van der Waals surface area contributed by atoms with Crippen LogP contribution in [0.15, 0.2) is 27.1 Å². The lowest BCUT2D eigenvalue weighted by Crippen LogP contribution is -2.03. The van der Waals surface area contributed by atoms with Gasteiger partial charge in [-0.1, -0.05) is 39.1 Å². The number of aromatic hydroxyl groups is 1. The highest BCUT2D eigenvalue weighted by Crippen LogP contribution is 2.44. The van der Waals surface area contributed by atoms with E-state index >= 15 is 0 Å². The summed E-state index contributed by atoms with van der Waals surface area (Å²) in [7, 11) is 0. The average molecular weight is 478 g/mol. The molecule has 1 heterocycles. The van der Waals surface area contributed by atoms with Crippen LogP contribution in [0.3, 0.4) is 0 Å². The lowest BCUT2D eigenvalue weighted by atomic mass is 9.99. The Morgan fingerprint density at radius 1 is 1.17 bits per heavy atom. The Hall–Kier alpha value is -1.01. The third-order valence-electron chi connectivity index (χ3n) is 3.59. The van der Waals surface area contributed by atoms with Crippen molar-refractivity contribution in [1.29, 1.82) is 0 Å². The van der Waals surface area contributed by atoms with Crippen molar-refractivity contribution in [2.75, 3.05) is 5.32 Å². The summed E-state index contributed by atoms with van der Waals surface area (Å²) in [5.41, 5.74) is 3.21. The molecule has 1 aliphatic heterocycles. The second kappa shape index (κ2) is 6.13. The molecule has 0 atom stereocenters. The molecule has 0 saturated heterocycles. The molecule has 0 aromatic heterocycles. The zero-order valence-corrected chi connectivity index (χ0v) is 16.4. The maximum absolute atomic E-state index is 12.4. The lowest BCUT2D eigenvalue weighted by Gasteiger charge is -2.09. The van der Waals surface area contributed by atoms with Crippen molar-refractivity contribution in [3.05, 3.63) is 53.9 Å². The van der Waals surface area contributed by atoms with E-state index in [-0.39, 0.29) is 16.7 Å². The molecule has 23 heavy (non-hydrogen) atoms. The molecule has 1 aliphatic rings. The van der Waals surface area contributed by atoms with Gasteiger partial charge in [-0.05, 0) is 52.7 Å². The predicted molar refractivity (Wildman–Crippen MR) is 101 cm³/mol. The van der Waals surface area contributed by atoms with Gasteiger partial charge in [-0.15, -0.1) is 0 Å². The van der Waals surface area contributed by atoms with E-state index in [9.17, 15) is 9.90 Å². The molecule has 1 amide bonds. The standard InChI is InChI=1S/C16H9Br2Cl2NO2/c1-6-10(17)5-11(18)14-13(6)9(16(23)21-14)3-7-2-8(19)4-12(20)15(7)22/h2-5,22H,1H3,(H,21,23). The molecule has 0 spiro atoms. The number of fused-ring (bicyclic) bond motifs is 1. The highest BCUT2D eigenvalue weighted by Gasteiger charge is 2.29. The minimum atomic E-state index is -0.252. The summed E-state index contributed by atoms with van der Waals surface area (Å²) < 4.78 is 1.65. The molecule has 2 aromatic carbocycles. The van der Waals surface area contributed by atoms with Crippen LogP contribution in [0, 0.1) is 6.92 Å². The first kappa shape index (κ1) is 16.8. The van der Waals surface area contributed by atoms with Gasteiger partial charge in [-0.25, -0.2) is 0 Å². The van der Waals surface area contributed by atoms with Crippen LogP contribution in [0.5, 0.6) is 5.75 Å². The zero-order chi connectivity index (χ0) is 16.9. The van der Waals surface area contributed by atoms with Gasteiger partial charge in [0.1, 0.15) is 5.75 Å². The molecule has 0 fully saturated rings. The van der Waals surface area contributed by atoms with Crippen LogP contribution in [0.1, 0.15) is 16.7 Å². The van der Waals surface area contributed by atoms with Crippen LogP contribution >= 0.6 is 55.1 Å². The number of carbonyl (C=O) groups excluding carboxylic acids is 1. The molecule has 0 unspecified atom stereocenters. The SMILES string of the molecule is Cc1c(Br)cc(Br)c2c1C(=Cc1cc(Cl)cc(Cl)c1O)C(=O)N2. The van der Waals surface area contributed by atoms with Crippen molar-refractivity contribution in [3.8, 4) is 5.75 Å². The van der Waals surface area contributed by atoms with E-state index in [0.717, 1.165) is 20.1 Å². The average Bonchev–Trinajstić information content (AvgIpc) is 2.80. The number of hydrogen-bond donors (Lipinski definition) is 2. The van der Waals surface area contributed by atoms with Crippen molar-refractivity contribution < 1.29 is 9.90 Å². The number of rotatable bonds is 1. The first-order valence-electron chi connectivity index (χ1n) is 6.49. The fraction of sp³-hybridized carbons (Fsp3) is 0.0625. The van der Waals surface area contributed by atoms with Gasteiger partial charge in [0.05, 0.1) is 16.3 Å². The molecule has 2 aromatic rings. The summed E-state index contributed by atoms with van der Waals surface area (Å²) in [6, 6.07) is 4.88. The van der Waals surface area contributed by atoms with Gasteiger partial charge in [0, 0.05) is 25.1 Å². The summed E-state index contributed by atoms with van der Waals surface area (Å²) in [6.45, 7) is 1.91. The molecule has 118 valence electrons. The van der Waals surface area contributed by atoms with Crippen molar-refractivity contribution in [3.63, 3.8) is 0 Å². The molecule has 3 nitrogen and oxygen atoms in total. The van der Waals surface area contributed by atoms with Crippen LogP contribution in [-0.4, -0.2) is 11.0 Å². The number of halogens is 4. The number of hydrogen-bond acceptors (Lipinski definition) is 2. The smallest absolute Gasteiger partial charge is 0.256 e. The van der Waals surface area contributed by atoms with E-state index in [0.29, 0.717) is 21.8 Å². The maximum Gasteiger partial charge on any atom is 0.256 e. The third-order valence-corrected chi connectivity index (χ3v) is 5.54. The monoisotopic (exact) mass is 475 g/mol. The Labute approximate surface area is 159 Å². The Morgan fingerprint density at radius 3 is 2.57 bits per heavy atom. The minimum Gasteiger partial charge on any atom is -0.506 e. The molecule has 0 aliphatic carbocycles. The van der Waals surface area contributed by atoms with E-state index in [1.54, 1.807) is 12.1 Å². The molecular weight excluding hydrogens is 469 g/mol. The van der Waals surface area contributed by atoms with E-state index in [1.807, 2.05) is 13.0 Å². The largest absolute Gasteiger partial charge is 0.506 e. The Bertz CT molecular complexity index is 894. The zero-order valence-electron chi connectivity index (χ0n) is 11.7. The van der Waals surface area contributed by atoms with Crippen LogP contribution in [0.4, 0.5) is 5.69 Å². The number of phenolic OH excluding ortho intramolecular Hbond substituents is 1. The van der Waals surface area contributed by atoms with Crippen LogP contribution in [-0.2, 0) is 4.79 Å². The lowest BCUT2D eigenvalue weighted by molar-refractivity contribution is -0.110. The summed E-state index contributed by atoms with van der Waals surface area (Å²) >= 11 is 18.9. The predicted octanol–water partition coefficient (Wildman–Crippen LogP) is 6.03. The molecule has 0 radical (unpaired) electrons. The van der Waals surface area contributed by atoms with Gasteiger partial charge in [-0.2, -0.15) is 0 Å². The van der Waals surface area contributed by atoms with Gasteiger partial charge in [0.15, 0.2) is 0 Å².